The normalized spacial score (nSPS) is 17.1. The highest BCUT2D eigenvalue weighted by Crippen LogP contribution is 2.19. The zero-order valence-electron chi connectivity index (χ0n) is 13.9. The van der Waals surface area contributed by atoms with Gasteiger partial charge in [-0.3, -0.25) is 9.59 Å². The summed E-state index contributed by atoms with van der Waals surface area (Å²) in [6.45, 7) is 5.33. The van der Waals surface area contributed by atoms with Crippen molar-refractivity contribution in [1.82, 2.24) is 10.2 Å². The van der Waals surface area contributed by atoms with Crippen molar-refractivity contribution < 1.29 is 14.7 Å². The number of aliphatic hydroxyl groups excluding tert-OH is 1. The van der Waals surface area contributed by atoms with Gasteiger partial charge < -0.3 is 15.3 Å². The molecule has 0 aliphatic carbocycles. The lowest BCUT2D eigenvalue weighted by atomic mass is 9.95. The van der Waals surface area contributed by atoms with E-state index in [0.717, 1.165) is 0 Å². The van der Waals surface area contributed by atoms with Crippen LogP contribution in [0.25, 0.3) is 0 Å². The highest BCUT2D eigenvalue weighted by molar-refractivity contribution is 5.94. The third-order valence-electron chi connectivity index (χ3n) is 4.43. The van der Waals surface area contributed by atoms with E-state index in [9.17, 15) is 14.7 Å². The summed E-state index contributed by atoms with van der Waals surface area (Å²) in [6.07, 6.45) is 0.823. The van der Waals surface area contributed by atoms with Gasteiger partial charge in [0, 0.05) is 31.1 Å². The summed E-state index contributed by atoms with van der Waals surface area (Å²) < 4.78 is 0. The topological polar surface area (TPSA) is 69.6 Å². The van der Waals surface area contributed by atoms with Crippen LogP contribution in [0.5, 0.6) is 0 Å². The monoisotopic (exact) mass is 318 g/mol. The number of hydrogen-bond acceptors (Lipinski definition) is 3. The van der Waals surface area contributed by atoms with Crippen LogP contribution in [0.1, 0.15) is 37.0 Å². The molecule has 0 radical (unpaired) electrons. The highest BCUT2D eigenvalue weighted by atomic mass is 16.3. The van der Waals surface area contributed by atoms with E-state index >= 15 is 0 Å². The lowest BCUT2D eigenvalue weighted by molar-refractivity contribution is -0.126. The fourth-order valence-electron chi connectivity index (χ4n) is 2.69. The number of nitrogens with one attached hydrogen (secondary N) is 1. The number of hydrogen-bond donors (Lipinski definition) is 2. The predicted octanol–water partition coefficient (Wildman–Crippen LogP) is 1.67. The molecule has 0 spiro atoms. The summed E-state index contributed by atoms with van der Waals surface area (Å²) in [5, 5.41) is 12.6. The van der Waals surface area contributed by atoms with Crippen molar-refractivity contribution in [3.05, 3.63) is 35.9 Å². The van der Waals surface area contributed by atoms with Gasteiger partial charge in [0.2, 0.25) is 5.91 Å². The van der Waals surface area contributed by atoms with Gasteiger partial charge in [0.1, 0.15) is 0 Å². The van der Waals surface area contributed by atoms with E-state index in [1.807, 2.05) is 49.1 Å². The Balaban J connectivity index is 1.79. The lowest BCUT2D eigenvalue weighted by Gasteiger charge is -2.31. The molecule has 1 unspecified atom stereocenters. The smallest absolute Gasteiger partial charge is 0.253 e. The Morgan fingerprint density at radius 3 is 2.39 bits per heavy atom. The maximum absolute atomic E-state index is 12.4. The summed E-state index contributed by atoms with van der Waals surface area (Å²) in [6, 6.07) is 9.22. The van der Waals surface area contributed by atoms with Gasteiger partial charge in [-0.05, 0) is 30.9 Å². The molecule has 2 N–H and O–H groups in total. The van der Waals surface area contributed by atoms with Gasteiger partial charge in [0.05, 0.1) is 6.10 Å². The van der Waals surface area contributed by atoms with Gasteiger partial charge in [0.25, 0.3) is 5.91 Å². The first-order chi connectivity index (χ1) is 11.0. The molecule has 2 amide bonds. The molecule has 1 heterocycles. The lowest BCUT2D eigenvalue weighted by Crippen LogP contribution is -2.44. The number of aliphatic hydroxyl groups is 1. The second-order valence-corrected chi connectivity index (χ2v) is 6.49. The van der Waals surface area contributed by atoms with E-state index in [1.165, 1.54) is 0 Å². The fraction of sp³-hybridized carbons (Fsp3) is 0.556. The third kappa shape index (κ3) is 4.79. The van der Waals surface area contributed by atoms with Crippen LogP contribution in [0.2, 0.25) is 0 Å². The number of benzene rings is 1. The van der Waals surface area contributed by atoms with Crippen LogP contribution in [0.3, 0.4) is 0 Å². The molecule has 1 fully saturated rings. The van der Waals surface area contributed by atoms with Crippen molar-refractivity contribution in [2.75, 3.05) is 19.6 Å². The third-order valence-corrected chi connectivity index (χ3v) is 4.43. The van der Waals surface area contributed by atoms with Gasteiger partial charge in [0.15, 0.2) is 0 Å². The molecule has 5 heteroatoms. The van der Waals surface area contributed by atoms with Crippen LogP contribution >= 0.6 is 0 Å². The van der Waals surface area contributed by atoms with Crippen LogP contribution in [0.15, 0.2) is 30.3 Å². The molecule has 1 aliphatic heterocycles. The molecule has 0 aromatic heterocycles. The maximum atomic E-state index is 12.4. The zero-order valence-corrected chi connectivity index (χ0v) is 13.9. The molecule has 1 aliphatic rings. The molecule has 0 saturated carbocycles. The first-order valence-corrected chi connectivity index (χ1v) is 8.29. The van der Waals surface area contributed by atoms with Gasteiger partial charge in [-0.2, -0.15) is 0 Å². The van der Waals surface area contributed by atoms with Crippen LogP contribution in [-0.2, 0) is 4.79 Å². The molecule has 1 aromatic rings. The summed E-state index contributed by atoms with van der Waals surface area (Å²) in [4.78, 5) is 26.3. The van der Waals surface area contributed by atoms with E-state index in [0.29, 0.717) is 38.0 Å². The number of carbonyl (C=O) groups excluding carboxylic acids is 2. The molecule has 126 valence electrons. The minimum Gasteiger partial charge on any atom is -0.391 e. The van der Waals surface area contributed by atoms with Crippen molar-refractivity contribution in [2.45, 2.75) is 32.8 Å². The Bertz CT molecular complexity index is 522. The van der Waals surface area contributed by atoms with Crippen LogP contribution in [0, 0.1) is 11.8 Å². The van der Waals surface area contributed by atoms with Gasteiger partial charge >= 0.3 is 0 Å². The highest BCUT2D eigenvalue weighted by Gasteiger charge is 2.28. The van der Waals surface area contributed by atoms with Crippen LogP contribution in [0.4, 0.5) is 0 Å². The summed E-state index contributed by atoms with van der Waals surface area (Å²) in [5.74, 6) is 0.0611. The summed E-state index contributed by atoms with van der Waals surface area (Å²) in [5.41, 5.74) is 0.690. The number of nitrogens with zero attached hydrogens (tertiary/aromatic N) is 1. The minimum atomic E-state index is -0.515. The first kappa shape index (κ1) is 17.5. The van der Waals surface area contributed by atoms with Gasteiger partial charge in [-0.25, -0.2) is 0 Å². The average molecular weight is 318 g/mol. The average Bonchev–Trinajstić information content (AvgIpc) is 2.59. The van der Waals surface area contributed by atoms with Crippen molar-refractivity contribution in [3.8, 4) is 0 Å². The van der Waals surface area contributed by atoms with Crippen LogP contribution < -0.4 is 5.32 Å². The van der Waals surface area contributed by atoms with Gasteiger partial charge in [-0.15, -0.1) is 0 Å². The zero-order chi connectivity index (χ0) is 16.8. The predicted molar refractivity (Wildman–Crippen MR) is 88.9 cm³/mol. The molecular weight excluding hydrogens is 292 g/mol. The van der Waals surface area contributed by atoms with Crippen molar-refractivity contribution in [3.63, 3.8) is 0 Å². The maximum Gasteiger partial charge on any atom is 0.253 e. The Morgan fingerprint density at radius 2 is 1.83 bits per heavy atom. The van der Waals surface area contributed by atoms with E-state index < -0.39 is 6.10 Å². The number of amides is 2. The first-order valence-electron chi connectivity index (χ1n) is 8.29. The molecular formula is C18H26N2O3. The summed E-state index contributed by atoms with van der Waals surface area (Å²) >= 11 is 0. The molecule has 1 aromatic carbocycles. The molecule has 1 saturated heterocycles. The number of rotatable bonds is 5. The van der Waals surface area contributed by atoms with Crippen LogP contribution in [-0.4, -0.2) is 47.6 Å². The van der Waals surface area contributed by atoms with E-state index in [2.05, 4.69) is 5.32 Å². The standard InChI is InChI=1S/C18H26N2O3/c1-13(2)16(21)12-19-17(22)14-8-10-20(11-9-14)18(23)15-6-4-3-5-7-15/h3-7,13-14,16,21H,8-12H2,1-2H3,(H,19,22). The molecule has 23 heavy (non-hydrogen) atoms. The van der Waals surface area contributed by atoms with E-state index in [-0.39, 0.29) is 23.7 Å². The van der Waals surface area contributed by atoms with Crippen molar-refractivity contribution in [1.29, 1.82) is 0 Å². The molecule has 0 bridgehead atoms. The summed E-state index contributed by atoms with van der Waals surface area (Å²) in [7, 11) is 0. The second kappa shape index (κ2) is 8.11. The molecule has 5 nitrogen and oxygen atoms in total. The number of piperidine rings is 1. The SMILES string of the molecule is CC(C)C(O)CNC(=O)C1CCN(C(=O)c2ccccc2)CC1. The Morgan fingerprint density at radius 1 is 1.22 bits per heavy atom. The Labute approximate surface area is 137 Å². The number of carbonyl (C=O) groups is 2. The van der Waals surface area contributed by atoms with Crippen molar-refractivity contribution in [2.24, 2.45) is 11.8 Å². The number of likely N-dealkylation sites (tertiary alicyclic amines) is 1. The quantitative estimate of drug-likeness (QED) is 0.868. The largest absolute Gasteiger partial charge is 0.391 e. The second-order valence-electron chi connectivity index (χ2n) is 6.49. The fourth-order valence-corrected chi connectivity index (χ4v) is 2.69. The Kier molecular flexibility index (Phi) is 6.16. The van der Waals surface area contributed by atoms with E-state index in [4.69, 9.17) is 0 Å². The van der Waals surface area contributed by atoms with Gasteiger partial charge in [-0.1, -0.05) is 32.0 Å². The molecule has 1 atom stereocenters. The molecule has 2 rings (SSSR count). The van der Waals surface area contributed by atoms with E-state index in [1.54, 1.807) is 0 Å². The Hall–Kier alpha value is -1.88. The van der Waals surface area contributed by atoms with Crippen molar-refractivity contribution >= 4 is 11.8 Å². The minimum absolute atomic E-state index is 0.0171.